The van der Waals surface area contributed by atoms with E-state index in [4.69, 9.17) is 4.55 Å². The van der Waals surface area contributed by atoms with Crippen molar-refractivity contribution < 1.29 is 22.7 Å². The van der Waals surface area contributed by atoms with Crippen LogP contribution in [0.5, 0.6) is 0 Å². The topological polar surface area (TPSA) is 86.6 Å². The number of unbranched alkanes of at least 4 members (excludes halogenated alkanes) is 8. The molecular formula is C20H45N2O4S+. The summed E-state index contributed by atoms with van der Waals surface area (Å²) in [6.45, 7) is 3.90. The second kappa shape index (κ2) is 15.7. The maximum atomic E-state index is 10.8. The molecule has 0 aliphatic rings. The molecule has 0 fully saturated rings. The Balaban J connectivity index is 3.72. The van der Waals surface area contributed by atoms with E-state index in [9.17, 15) is 13.6 Å². The SMILES string of the molecule is CCCCCCCCCCCC(CCC[N+](C)(C)CCCS(=O)(=O)O)NO. The van der Waals surface area contributed by atoms with Crippen LogP contribution in [0.2, 0.25) is 0 Å². The normalized spacial score (nSPS) is 13.8. The van der Waals surface area contributed by atoms with Gasteiger partial charge >= 0.3 is 0 Å². The average molecular weight is 410 g/mol. The Morgan fingerprint density at radius 3 is 1.81 bits per heavy atom. The highest BCUT2D eigenvalue weighted by Gasteiger charge is 2.17. The fraction of sp³-hybridized carbons (Fsp3) is 1.00. The number of nitrogens with one attached hydrogen (secondary N) is 1. The summed E-state index contributed by atoms with van der Waals surface area (Å²) in [6, 6.07) is 0.146. The van der Waals surface area contributed by atoms with Gasteiger partial charge in [-0.25, -0.2) is 5.48 Å². The molecule has 0 bridgehead atoms. The number of nitrogens with zero attached hydrogens (tertiary/aromatic N) is 1. The molecule has 7 heteroatoms. The third-order valence-corrected chi connectivity index (χ3v) is 6.13. The molecule has 0 spiro atoms. The summed E-state index contributed by atoms with van der Waals surface area (Å²) in [5, 5.41) is 9.36. The molecule has 1 atom stereocenters. The van der Waals surface area contributed by atoms with Gasteiger partial charge < -0.3 is 9.69 Å². The van der Waals surface area contributed by atoms with Crippen LogP contribution in [0.1, 0.15) is 90.4 Å². The average Bonchev–Trinajstić information content (AvgIpc) is 2.57. The molecule has 27 heavy (non-hydrogen) atoms. The summed E-state index contributed by atoms with van der Waals surface area (Å²) < 4.78 is 31.1. The van der Waals surface area contributed by atoms with Gasteiger partial charge in [0.2, 0.25) is 0 Å². The van der Waals surface area contributed by atoms with Gasteiger partial charge in [-0.15, -0.1) is 0 Å². The maximum absolute atomic E-state index is 10.8. The van der Waals surface area contributed by atoms with E-state index in [1.54, 1.807) is 0 Å². The van der Waals surface area contributed by atoms with Crippen molar-refractivity contribution in [3.63, 3.8) is 0 Å². The predicted molar refractivity (Wildman–Crippen MR) is 113 cm³/mol. The summed E-state index contributed by atoms with van der Waals surface area (Å²) in [7, 11) is 0.290. The van der Waals surface area contributed by atoms with Gasteiger partial charge in [0.05, 0.1) is 32.9 Å². The van der Waals surface area contributed by atoms with E-state index in [1.807, 2.05) is 0 Å². The molecule has 1 unspecified atom stereocenters. The molecule has 3 N–H and O–H groups in total. The Morgan fingerprint density at radius 2 is 1.30 bits per heavy atom. The van der Waals surface area contributed by atoms with Crippen molar-refractivity contribution in [3.8, 4) is 0 Å². The molecular weight excluding hydrogens is 364 g/mol. The van der Waals surface area contributed by atoms with Crippen LogP contribution >= 0.6 is 0 Å². The molecule has 0 radical (unpaired) electrons. The van der Waals surface area contributed by atoms with Gasteiger partial charge in [-0.2, -0.15) is 8.42 Å². The molecule has 0 saturated heterocycles. The van der Waals surface area contributed by atoms with E-state index in [0.717, 1.165) is 43.3 Å². The minimum atomic E-state index is -3.86. The highest BCUT2D eigenvalue weighted by atomic mass is 32.2. The molecule has 0 heterocycles. The fourth-order valence-corrected chi connectivity index (χ4v) is 4.02. The second-order valence-corrected chi connectivity index (χ2v) is 10.2. The first kappa shape index (κ1) is 26.8. The van der Waals surface area contributed by atoms with Gasteiger partial charge in [0.1, 0.15) is 0 Å². The van der Waals surface area contributed by atoms with E-state index < -0.39 is 10.1 Å². The first-order chi connectivity index (χ1) is 12.7. The highest BCUT2D eigenvalue weighted by molar-refractivity contribution is 7.85. The predicted octanol–water partition coefficient (Wildman–Crippen LogP) is 4.39. The van der Waals surface area contributed by atoms with Crippen LogP contribution in [0.3, 0.4) is 0 Å². The largest absolute Gasteiger partial charge is 0.328 e. The Kier molecular flexibility index (Phi) is 15.6. The highest BCUT2D eigenvalue weighted by Crippen LogP contribution is 2.14. The fourth-order valence-electron chi connectivity index (χ4n) is 3.53. The number of rotatable bonds is 19. The molecule has 0 rings (SSSR count). The first-order valence-corrected chi connectivity index (χ1v) is 12.5. The van der Waals surface area contributed by atoms with Gasteiger partial charge in [0.15, 0.2) is 0 Å². The van der Waals surface area contributed by atoms with Crippen LogP contribution in [-0.2, 0) is 10.1 Å². The van der Waals surface area contributed by atoms with E-state index in [-0.39, 0.29) is 11.8 Å². The Bertz CT molecular complexity index is 441. The zero-order valence-electron chi connectivity index (χ0n) is 18.0. The first-order valence-electron chi connectivity index (χ1n) is 10.9. The third kappa shape index (κ3) is 18.9. The van der Waals surface area contributed by atoms with E-state index in [0.29, 0.717) is 6.42 Å². The molecule has 0 aliphatic carbocycles. The van der Waals surface area contributed by atoms with Crippen molar-refractivity contribution in [2.24, 2.45) is 0 Å². The standard InChI is InChI=1S/C20H44N2O4S/c1-4-5-6-7-8-9-10-11-12-15-20(21-23)16-13-17-22(2,3)18-14-19-27(24,25)26/h20-21,23H,4-19H2,1-3H3/p+1. The molecule has 0 aromatic rings. The van der Waals surface area contributed by atoms with Crippen LogP contribution in [0.4, 0.5) is 0 Å². The lowest BCUT2D eigenvalue weighted by Crippen LogP contribution is -2.42. The zero-order chi connectivity index (χ0) is 20.6. The summed E-state index contributed by atoms with van der Waals surface area (Å²) in [4.78, 5) is 0. The lowest BCUT2D eigenvalue weighted by molar-refractivity contribution is -0.890. The minimum absolute atomic E-state index is 0.146. The molecule has 0 aromatic heterocycles. The summed E-state index contributed by atoms with van der Waals surface area (Å²) >= 11 is 0. The zero-order valence-corrected chi connectivity index (χ0v) is 18.8. The minimum Gasteiger partial charge on any atom is -0.328 e. The second-order valence-electron chi connectivity index (χ2n) is 8.61. The Labute approximate surface area is 168 Å². The molecule has 0 amide bonds. The van der Waals surface area contributed by atoms with Crippen LogP contribution in [-0.4, -0.2) is 61.6 Å². The van der Waals surface area contributed by atoms with Gasteiger partial charge in [0.25, 0.3) is 10.1 Å². The van der Waals surface area contributed by atoms with Crippen LogP contribution in [0.15, 0.2) is 0 Å². The van der Waals surface area contributed by atoms with Crippen molar-refractivity contribution in [2.45, 2.75) is 96.4 Å². The summed E-state index contributed by atoms with van der Waals surface area (Å²) in [5.74, 6) is -0.173. The van der Waals surface area contributed by atoms with Crippen LogP contribution in [0, 0.1) is 0 Å². The number of hydroxylamine groups is 1. The van der Waals surface area contributed by atoms with E-state index in [2.05, 4.69) is 26.5 Å². The number of hydrogen-bond acceptors (Lipinski definition) is 4. The molecule has 6 nitrogen and oxygen atoms in total. The smallest absolute Gasteiger partial charge is 0.265 e. The van der Waals surface area contributed by atoms with Crippen molar-refractivity contribution in [2.75, 3.05) is 32.9 Å². The molecule has 0 aromatic carbocycles. The lowest BCUT2D eigenvalue weighted by atomic mass is 10.0. The van der Waals surface area contributed by atoms with Gasteiger partial charge in [0, 0.05) is 12.5 Å². The van der Waals surface area contributed by atoms with Gasteiger partial charge in [-0.1, -0.05) is 64.7 Å². The number of quaternary nitrogens is 1. The van der Waals surface area contributed by atoms with Crippen molar-refractivity contribution in [1.82, 2.24) is 5.48 Å². The summed E-state index contributed by atoms with van der Waals surface area (Å²) in [6.07, 6.45) is 15.1. The monoisotopic (exact) mass is 409 g/mol. The molecule has 0 aliphatic heterocycles. The number of hydrogen-bond donors (Lipinski definition) is 3. The van der Waals surface area contributed by atoms with Crippen LogP contribution < -0.4 is 5.48 Å². The van der Waals surface area contributed by atoms with Gasteiger partial charge in [-0.3, -0.25) is 4.55 Å². The van der Waals surface area contributed by atoms with E-state index >= 15 is 0 Å². The van der Waals surface area contributed by atoms with Gasteiger partial charge in [-0.05, 0) is 19.3 Å². The Morgan fingerprint density at radius 1 is 0.815 bits per heavy atom. The molecule has 0 saturated carbocycles. The lowest BCUT2D eigenvalue weighted by Gasteiger charge is -2.30. The van der Waals surface area contributed by atoms with E-state index in [1.165, 1.54) is 51.4 Å². The maximum Gasteiger partial charge on any atom is 0.265 e. The van der Waals surface area contributed by atoms with Crippen molar-refractivity contribution in [3.05, 3.63) is 0 Å². The van der Waals surface area contributed by atoms with Crippen molar-refractivity contribution in [1.29, 1.82) is 0 Å². The van der Waals surface area contributed by atoms with Crippen LogP contribution in [0.25, 0.3) is 0 Å². The van der Waals surface area contributed by atoms with Crippen molar-refractivity contribution >= 4 is 10.1 Å². The Hall–Kier alpha value is -0.210. The third-order valence-electron chi connectivity index (χ3n) is 5.32. The molecule has 164 valence electrons. The quantitative estimate of drug-likeness (QED) is 0.127. The summed E-state index contributed by atoms with van der Waals surface area (Å²) in [5.41, 5.74) is 2.46.